The first-order valence-electron chi connectivity index (χ1n) is 4.49. The van der Waals surface area contributed by atoms with Gasteiger partial charge in [-0.05, 0) is 18.6 Å². The van der Waals surface area contributed by atoms with E-state index in [1.807, 2.05) is 20.2 Å². The lowest BCUT2D eigenvalue weighted by molar-refractivity contribution is 0.471. The molecule has 0 radical (unpaired) electrons. The van der Waals surface area contributed by atoms with Gasteiger partial charge < -0.3 is 10.0 Å². The van der Waals surface area contributed by atoms with Crippen molar-refractivity contribution in [2.24, 2.45) is 4.99 Å². The quantitative estimate of drug-likeness (QED) is 0.589. The summed E-state index contributed by atoms with van der Waals surface area (Å²) in [5, 5.41) is 18.3. The number of phenolic OH excluding ortho intramolecular Hbond substituents is 1. The Kier molecular flexibility index (Phi) is 3.29. The van der Waals surface area contributed by atoms with Crippen molar-refractivity contribution < 1.29 is 5.11 Å². The smallest absolute Gasteiger partial charge is 0.119 e. The van der Waals surface area contributed by atoms with Crippen LogP contribution >= 0.6 is 0 Å². The number of hydrogen-bond donors (Lipinski definition) is 1. The number of benzene rings is 1. The summed E-state index contributed by atoms with van der Waals surface area (Å²) in [4.78, 5) is 5.93. The van der Waals surface area contributed by atoms with Crippen LogP contribution in [0.25, 0.3) is 0 Å². The van der Waals surface area contributed by atoms with Crippen LogP contribution in [0, 0.1) is 18.3 Å². The lowest BCUT2D eigenvalue weighted by Gasteiger charge is -2.05. The summed E-state index contributed by atoms with van der Waals surface area (Å²) in [5.74, 6) is 0.121. The van der Waals surface area contributed by atoms with Crippen molar-refractivity contribution in [3.8, 4) is 11.8 Å². The van der Waals surface area contributed by atoms with E-state index in [1.54, 1.807) is 24.2 Å². The molecule has 0 bridgehead atoms. The van der Waals surface area contributed by atoms with Crippen molar-refractivity contribution in [1.29, 1.82) is 5.26 Å². The summed E-state index contributed by atoms with van der Waals surface area (Å²) in [6.07, 6.45) is 1.62. The molecule has 1 aromatic rings. The SMILES string of the molecule is Cc1cc(/N=C\N(C)C)c(C#N)cc1O. The van der Waals surface area contributed by atoms with Gasteiger partial charge in [0.25, 0.3) is 0 Å². The van der Waals surface area contributed by atoms with Crippen LogP contribution in [0.3, 0.4) is 0 Å². The number of aryl methyl sites for hydroxylation is 1. The highest BCUT2D eigenvalue weighted by Crippen LogP contribution is 2.26. The molecule has 1 N–H and O–H groups in total. The van der Waals surface area contributed by atoms with Gasteiger partial charge in [0, 0.05) is 20.2 Å². The molecule has 0 heterocycles. The van der Waals surface area contributed by atoms with Crippen molar-refractivity contribution in [3.05, 3.63) is 23.3 Å². The summed E-state index contributed by atoms with van der Waals surface area (Å²) >= 11 is 0. The predicted molar refractivity (Wildman–Crippen MR) is 59.4 cm³/mol. The fourth-order valence-corrected chi connectivity index (χ4v) is 1.06. The van der Waals surface area contributed by atoms with Gasteiger partial charge in [-0.1, -0.05) is 0 Å². The monoisotopic (exact) mass is 203 g/mol. The van der Waals surface area contributed by atoms with Crippen LogP contribution in [0.5, 0.6) is 5.75 Å². The highest BCUT2D eigenvalue weighted by molar-refractivity contribution is 5.66. The normalized spacial score (nSPS) is 10.3. The van der Waals surface area contributed by atoms with Gasteiger partial charge in [0.2, 0.25) is 0 Å². The Hall–Kier alpha value is -2.02. The number of aromatic hydroxyl groups is 1. The Morgan fingerprint density at radius 1 is 1.47 bits per heavy atom. The van der Waals surface area contributed by atoms with E-state index in [0.29, 0.717) is 16.8 Å². The standard InChI is InChI=1S/C11H13N3O/c1-8-4-10(13-7-14(2)3)9(6-12)5-11(8)15/h4-5,7,15H,1-3H3/b13-7-. The maximum atomic E-state index is 9.42. The first-order valence-corrected chi connectivity index (χ1v) is 4.49. The fraction of sp³-hybridized carbons (Fsp3) is 0.273. The average Bonchev–Trinajstić information content (AvgIpc) is 2.19. The third-order valence-corrected chi connectivity index (χ3v) is 1.86. The topological polar surface area (TPSA) is 59.6 Å². The van der Waals surface area contributed by atoms with Crippen LogP contribution in [0.2, 0.25) is 0 Å². The molecule has 0 atom stereocenters. The summed E-state index contributed by atoms with van der Waals surface area (Å²) in [6, 6.07) is 5.11. The molecular weight excluding hydrogens is 190 g/mol. The van der Waals surface area contributed by atoms with Gasteiger partial charge in [-0.2, -0.15) is 5.26 Å². The van der Waals surface area contributed by atoms with E-state index >= 15 is 0 Å². The Labute approximate surface area is 89.1 Å². The zero-order valence-corrected chi connectivity index (χ0v) is 9.02. The second-order valence-corrected chi connectivity index (χ2v) is 3.48. The van der Waals surface area contributed by atoms with Gasteiger partial charge in [-0.15, -0.1) is 0 Å². The summed E-state index contributed by atoms with van der Waals surface area (Å²) in [7, 11) is 3.70. The van der Waals surface area contributed by atoms with E-state index in [1.165, 1.54) is 6.07 Å². The maximum absolute atomic E-state index is 9.42. The van der Waals surface area contributed by atoms with Crippen LogP contribution in [0.15, 0.2) is 17.1 Å². The highest BCUT2D eigenvalue weighted by Gasteiger charge is 2.04. The van der Waals surface area contributed by atoms with Crippen molar-refractivity contribution in [3.63, 3.8) is 0 Å². The molecule has 4 heteroatoms. The third-order valence-electron chi connectivity index (χ3n) is 1.86. The second kappa shape index (κ2) is 4.47. The molecule has 0 fully saturated rings. The van der Waals surface area contributed by atoms with Crippen molar-refractivity contribution in [2.75, 3.05) is 14.1 Å². The minimum Gasteiger partial charge on any atom is -0.508 e. The van der Waals surface area contributed by atoms with Gasteiger partial charge >= 0.3 is 0 Å². The second-order valence-electron chi connectivity index (χ2n) is 3.48. The molecule has 0 aliphatic carbocycles. The molecule has 4 nitrogen and oxygen atoms in total. The van der Waals surface area contributed by atoms with E-state index in [4.69, 9.17) is 5.26 Å². The summed E-state index contributed by atoms with van der Waals surface area (Å²) < 4.78 is 0. The van der Waals surface area contributed by atoms with Gasteiger partial charge in [0.15, 0.2) is 0 Å². The number of aliphatic imine (C=N–C) groups is 1. The molecule has 0 saturated carbocycles. The number of nitriles is 1. The molecule has 0 amide bonds. The zero-order valence-electron chi connectivity index (χ0n) is 9.02. The Bertz CT molecular complexity index is 430. The molecule has 0 aromatic heterocycles. The number of hydrogen-bond acceptors (Lipinski definition) is 3. The number of phenols is 1. The van der Waals surface area contributed by atoms with E-state index in [9.17, 15) is 5.11 Å². The van der Waals surface area contributed by atoms with Crippen LogP contribution in [-0.2, 0) is 0 Å². The maximum Gasteiger partial charge on any atom is 0.119 e. The zero-order chi connectivity index (χ0) is 11.4. The summed E-state index contributed by atoms with van der Waals surface area (Å²) in [6.45, 7) is 1.77. The molecule has 1 aromatic carbocycles. The van der Waals surface area contributed by atoms with Crippen LogP contribution in [-0.4, -0.2) is 30.4 Å². The first kappa shape index (κ1) is 11.1. The van der Waals surface area contributed by atoms with Crippen molar-refractivity contribution >= 4 is 12.0 Å². The predicted octanol–water partition coefficient (Wildman–Crippen LogP) is 1.79. The molecule has 0 aliphatic heterocycles. The largest absolute Gasteiger partial charge is 0.508 e. The highest BCUT2D eigenvalue weighted by atomic mass is 16.3. The van der Waals surface area contributed by atoms with E-state index in [2.05, 4.69) is 4.99 Å². The van der Waals surface area contributed by atoms with Crippen LogP contribution < -0.4 is 0 Å². The number of rotatable bonds is 2. The molecular formula is C11H13N3O. The van der Waals surface area contributed by atoms with E-state index < -0.39 is 0 Å². The van der Waals surface area contributed by atoms with Crippen molar-refractivity contribution in [1.82, 2.24) is 4.90 Å². The average molecular weight is 203 g/mol. The molecule has 0 unspecified atom stereocenters. The minimum absolute atomic E-state index is 0.121. The molecule has 0 saturated heterocycles. The Morgan fingerprint density at radius 2 is 2.13 bits per heavy atom. The van der Waals surface area contributed by atoms with E-state index in [0.717, 1.165) is 0 Å². The fourth-order valence-electron chi connectivity index (χ4n) is 1.06. The summed E-state index contributed by atoms with van der Waals surface area (Å²) in [5.41, 5.74) is 1.65. The third kappa shape index (κ3) is 2.71. The van der Waals surface area contributed by atoms with Gasteiger partial charge in [0.05, 0.1) is 17.6 Å². The van der Waals surface area contributed by atoms with Crippen LogP contribution in [0.1, 0.15) is 11.1 Å². The molecule has 78 valence electrons. The molecule has 1 rings (SSSR count). The molecule has 0 aliphatic rings. The lowest BCUT2D eigenvalue weighted by atomic mass is 10.1. The van der Waals surface area contributed by atoms with Gasteiger partial charge in [0.1, 0.15) is 11.8 Å². The van der Waals surface area contributed by atoms with E-state index in [-0.39, 0.29) is 5.75 Å². The number of nitrogens with zero attached hydrogens (tertiary/aromatic N) is 3. The minimum atomic E-state index is 0.121. The lowest BCUT2D eigenvalue weighted by Crippen LogP contribution is -2.07. The van der Waals surface area contributed by atoms with Crippen molar-refractivity contribution in [2.45, 2.75) is 6.92 Å². The Balaban J connectivity index is 3.18. The van der Waals surface area contributed by atoms with Crippen LogP contribution in [0.4, 0.5) is 5.69 Å². The molecule has 15 heavy (non-hydrogen) atoms. The Morgan fingerprint density at radius 3 is 2.67 bits per heavy atom. The first-order chi connectivity index (χ1) is 7.04. The van der Waals surface area contributed by atoms with Gasteiger partial charge in [-0.3, -0.25) is 0 Å². The molecule has 0 spiro atoms. The van der Waals surface area contributed by atoms with Gasteiger partial charge in [-0.25, -0.2) is 4.99 Å².